The summed E-state index contributed by atoms with van der Waals surface area (Å²) in [6, 6.07) is 6.59. The minimum absolute atomic E-state index is 0.460. The molecule has 0 saturated heterocycles. The first kappa shape index (κ1) is 16.3. The Morgan fingerprint density at radius 1 is 1.25 bits per heavy atom. The largest absolute Gasteiger partial charge is 0.497 e. The van der Waals surface area contributed by atoms with Crippen molar-refractivity contribution in [2.75, 3.05) is 7.11 Å². The Morgan fingerprint density at radius 2 is 1.80 bits per heavy atom. The average Bonchev–Trinajstić information content (AvgIpc) is 2.35. The van der Waals surface area contributed by atoms with Crippen molar-refractivity contribution < 1.29 is 19.4 Å². The number of hydrogen-bond donors (Lipinski definition) is 2. The van der Waals surface area contributed by atoms with E-state index in [0.717, 1.165) is 0 Å². The SMILES string of the molecule is COc1ccc([C@@H](O)[C@H](C)NC(=O)OC(C)(C)C)cc1. The lowest BCUT2D eigenvalue weighted by Crippen LogP contribution is -2.40. The molecule has 1 aromatic rings. The van der Waals surface area contributed by atoms with Gasteiger partial charge in [-0.05, 0) is 45.4 Å². The summed E-state index contributed by atoms with van der Waals surface area (Å²) in [7, 11) is 1.58. The fourth-order valence-electron chi connectivity index (χ4n) is 1.66. The van der Waals surface area contributed by atoms with Gasteiger partial charge >= 0.3 is 6.09 Å². The maximum Gasteiger partial charge on any atom is 0.407 e. The molecule has 1 aromatic carbocycles. The first-order valence-corrected chi connectivity index (χ1v) is 6.54. The summed E-state index contributed by atoms with van der Waals surface area (Å²) in [4.78, 5) is 11.6. The highest BCUT2D eigenvalue weighted by molar-refractivity contribution is 5.68. The van der Waals surface area contributed by atoms with E-state index in [9.17, 15) is 9.90 Å². The standard InChI is InChI=1S/C15H23NO4/c1-10(16-14(18)20-15(2,3)4)13(17)11-6-8-12(19-5)9-7-11/h6-10,13,17H,1-5H3,(H,16,18)/t10-,13-/m0/s1. The van der Waals surface area contributed by atoms with Crippen LogP contribution in [0.5, 0.6) is 5.75 Å². The molecule has 0 aliphatic heterocycles. The molecule has 1 rings (SSSR count). The van der Waals surface area contributed by atoms with Gasteiger partial charge in [-0.15, -0.1) is 0 Å². The highest BCUT2D eigenvalue weighted by Gasteiger charge is 2.22. The minimum Gasteiger partial charge on any atom is -0.497 e. The molecule has 5 heteroatoms. The second-order valence-electron chi connectivity index (χ2n) is 5.65. The number of amides is 1. The Bertz CT molecular complexity index is 436. The molecule has 0 bridgehead atoms. The number of hydrogen-bond acceptors (Lipinski definition) is 4. The highest BCUT2D eigenvalue weighted by atomic mass is 16.6. The summed E-state index contributed by atoms with van der Waals surface area (Å²) in [5, 5.41) is 12.8. The van der Waals surface area contributed by atoms with Crippen LogP contribution in [0, 0.1) is 0 Å². The Balaban J connectivity index is 2.61. The molecule has 1 amide bonds. The van der Waals surface area contributed by atoms with Crippen molar-refractivity contribution in [1.29, 1.82) is 0 Å². The summed E-state index contributed by atoms with van der Waals surface area (Å²) in [5.74, 6) is 0.716. The normalized spacial score (nSPS) is 14.3. The van der Waals surface area contributed by atoms with Gasteiger partial charge in [0.1, 0.15) is 11.4 Å². The van der Waals surface area contributed by atoms with E-state index in [1.807, 2.05) is 0 Å². The van der Waals surface area contributed by atoms with E-state index in [1.165, 1.54) is 0 Å². The summed E-state index contributed by atoms with van der Waals surface area (Å²) < 4.78 is 10.2. The fraction of sp³-hybridized carbons (Fsp3) is 0.533. The predicted octanol–water partition coefficient (Wildman–Crippen LogP) is 2.64. The van der Waals surface area contributed by atoms with E-state index >= 15 is 0 Å². The van der Waals surface area contributed by atoms with E-state index in [-0.39, 0.29) is 0 Å². The predicted molar refractivity (Wildman–Crippen MR) is 76.8 cm³/mol. The third-order valence-corrected chi connectivity index (χ3v) is 2.68. The van der Waals surface area contributed by atoms with Gasteiger partial charge in [0.15, 0.2) is 0 Å². The summed E-state index contributed by atoms with van der Waals surface area (Å²) >= 11 is 0. The van der Waals surface area contributed by atoms with Gasteiger partial charge in [-0.25, -0.2) is 4.79 Å². The zero-order valence-corrected chi connectivity index (χ0v) is 12.6. The van der Waals surface area contributed by atoms with E-state index < -0.39 is 23.8 Å². The molecule has 2 atom stereocenters. The van der Waals surface area contributed by atoms with Gasteiger partial charge < -0.3 is 19.9 Å². The molecule has 0 radical (unpaired) electrons. The molecule has 0 heterocycles. The van der Waals surface area contributed by atoms with Crippen LogP contribution < -0.4 is 10.1 Å². The second-order valence-corrected chi connectivity index (χ2v) is 5.65. The average molecular weight is 281 g/mol. The number of nitrogens with one attached hydrogen (secondary N) is 1. The van der Waals surface area contributed by atoms with E-state index in [0.29, 0.717) is 11.3 Å². The maximum atomic E-state index is 11.6. The number of ether oxygens (including phenoxy) is 2. The van der Waals surface area contributed by atoms with Crippen LogP contribution in [0.1, 0.15) is 39.4 Å². The monoisotopic (exact) mass is 281 g/mol. The summed E-state index contributed by atoms with van der Waals surface area (Å²) in [5.41, 5.74) is 0.142. The Hall–Kier alpha value is -1.75. The lowest BCUT2D eigenvalue weighted by molar-refractivity contribution is 0.0435. The first-order chi connectivity index (χ1) is 9.23. The quantitative estimate of drug-likeness (QED) is 0.890. The van der Waals surface area contributed by atoms with Gasteiger partial charge in [0.25, 0.3) is 0 Å². The number of rotatable bonds is 4. The van der Waals surface area contributed by atoms with Crippen LogP contribution in [0.4, 0.5) is 4.79 Å². The van der Waals surface area contributed by atoms with Crippen LogP contribution >= 0.6 is 0 Å². The molecule has 20 heavy (non-hydrogen) atoms. The molecule has 112 valence electrons. The molecule has 0 aliphatic rings. The molecular weight excluding hydrogens is 258 g/mol. The second kappa shape index (κ2) is 6.61. The van der Waals surface area contributed by atoms with Crippen molar-refractivity contribution in [1.82, 2.24) is 5.32 Å². The van der Waals surface area contributed by atoms with Crippen molar-refractivity contribution in [2.45, 2.75) is 45.4 Å². The zero-order chi connectivity index (χ0) is 15.3. The van der Waals surface area contributed by atoms with Gasteiger partial charge in [-0.2, -0.15) is 0 Å². The molecule has 2 N–H and O–H groups in total. The zero-order valence-electron chi connectivity index (χ0n) is 12.6. The Morgan fingerprint density at radius 3 is 2.25 bits per heavy atom. The molecule has 0 unspecified atom stereocenters. The van der Waals surface area contributed by atoms with Gasteiger partial charge in [0.2, 0.25) is 0 Å². The van der Waals surface area contributed by atoms with Crippen LogP contribution in [-0.2, 0) is 4.74 Å². The van der Waals surface area contributed by atoms with Gasteiger partial charge in [-0.1, -0.05) is 12.1 Å². The number of carbonyl (C=O) groups is 1. The Kier molecular flexibility index (Phi) is 5.39. The van der Waals surface area contributed by atoms with Crippen molar-refractivity contribution in [3.8, 4) is 5.75 Å². The molecule has 0 spiro atoms. The molecule has 0 fully saturated rings. The number of carbonyl (C=O) groups excluding carboxylic acids is 1. The number of aliphatic hydroxyl groups is 1. The van der Waals surface area contributed by atoms with Crippen LogP contribution in [0.3, 0.4) is 0 Å². The van der Waals surface area contributed by atoms with Crippen molar-refractivity contribution in [3.63, 3.8) is 0 Å². The molecule has 0 aromatic heterocycles. The topological polar surface area (TPSA) is 67.8 Å². The minimum atomic E-state index is -0.812. The highest BCUT2D eigenvalue weighted by Crippen LogP contribution is 2.20. The van der Waals surface area contributed by atoms with Gasteiger partial charge in [0.05, 0.1) is 19.3 Å². The van der Waals surface area contributed by atoms with Crippen molar-refractivity contribution >= 4 is 6.09 Å². The Labute approximate surface area is 119 Å². The third kappa shape index (κ3) is 5.09. The third-order valence-electron chi connectivity index (χ3n) is 2.68. The summed E-state index contributed by atoms with van der Waals surface area (Å²) in [6.45, 7) is 7.09. The van der Waals surface area contributed by atoms with Gasteiger partial charge in [-0.3, -0.25) is 0 Å². The number of aliphatic hydroxyl groups excluding tert-OH is 1. The first-order valence-electron chi connectivity index (χ1n) is 6.54. The van der Waals surface area contributed by atoms with Gasteiger partial charge in [0, 0.05) is 0 Å². The molecular formula is C15H23NO4. The maximum absolute atomic E-state index is 11.6. The van der Waals surface area contributed by atoms with E-state index in [2.05, 4.69) is 5.32 Å². The number of alkyl carbamates (subject to hydrolysis) is 1. The molecule has 0 saturated carbocycles. The molecule has 0 aliphatic carbocycles. The smallest absolute Gasteiger partial charge is 0.407 e. The number of benzene rings is 1. The van der Waals surface area contributed by atoms with E-state index in [4.69, 9.17) is 9.47 Å². The summed E-state index contributed by atoms with van der Waals surface area (Å²) in [6.07, 6.45) is -1.36. The lowest BCUT2D eigenvalue weighted by atomic mass is 10.0. The lowest BCUT2D eigenvalue weighted by Gasteiger charge is -2.24. The van der Waals surface area contributed by atoms with Crippen LogP contribution in [0.2, 0.25) is 0 Å². The molecule has 5 nitrogen and oxygen atoms in total. The van der Waals surface area contributed by atoms with E-state index in [1.54, 1.807) is 59.1 Å². The van der Waals surface area contributed by atoms with Crippen LogP contribution in [0.15, 0.2) is 24.3 Å². The van der Waals surface area contributed by atoms with Crippen LogP contribution in [-0.4, -0.2) is 30.0 Å². The van der Waals surface area contributed by atoms with Crippen molar-refractivity contribution in [2.24, 2.45) is 0 Å². The van der Waals surface area contributed by atoms with Crippen LogP contribution in [0.25, 0.3) is 0 Å². The fourth-order valence-corrected chi connectivity index (χ4v) is 1.66. The van der Waals surface area contributed by atoms with Crippen molar-refractivity contribution in [3.05, 3.63) is 29.8 Å². The number of methoxy groups -OCH3 is 1.